The molecule has 156 valence electrons. The van der Waals surface area contributed by atoms with Gasteiger partial charge in [0.15, 0.2) is 20.1 Å². The van der Waals surface area contributed by atoms with E-state index in [0.717, 1.165) is 36.4 Å². The zero-order valence-corrected chi connectivity index (χ0v) is 17.5. The molecule has 0 spiro atoms. The quantitative estimate of drug-likeness (QED) is 0.281. The summed E-state index contributed by atoms with van der Waals surface area (Å²) in [4.78, 5) is 57.5. The van der Waals surface area contributed by atoms with E-state index in [0.29, 0.717) is 6.54 Å². The molecule has 5 N–H and O–H groups in total. The second-order valence-corrected chi connectivity index (χ2v) is 9.36. The number of carbonyl (C=O) groups excluding carboxylic acids is 4. The fraction of sp³-hybridized carbons (Fsp3) is 0.533. The van der Waals surface area contributed by atoms with E-state index < -0.39 is 33.6 Å². The highest BCUT2D eigenvalue weighted by atomic mass is 32.2. The minimum Gasteiger partial charge on any atom is -0.354 e. The Hall–Kier alpha value is -2.61. The van der Waals surface area contributed by atoms with Crippen molar-refractivity contribution in [2.75, 3.05) is 11.9 Å². The number of nitrogens with zero attached hydrogens (tertiary/aromatic N) is 3. The van der Waals surface area contributed by atoms with Crippen LogP contribution in [-0.4, -0.2) is 55.1 Å². The molecular weight excluding hydrogens is 420 g/mol. The van der Waals surface area contributed by atoms with E-state index in [-0.39, 0.29) is 16.3 Å². The van der Waals surface area contributed by atoms with Crippen molar-refractivity contribution >= 4 is 53.3 Å². The number of urea groups is 2. The largest absolute Gasteiger partial charge is 0.354 e. The van der Waals surface area contributed by atoms with Gasteiger partial charge in [-0.15, -0.1) is 0 Å². The molecule has 1 aromatic heterocycles. The fourth-order valence-electron chi connectivity index (χ4n) is 2.45. The molecular formula is C15H20N8O4S2. The van der Waals surface area contributed by atoms with Crippen molar-refractivity contribution in [2.45, 2.75) is 53.7 Å². The van der Waals surface area contributed by atoms with Crippen molar-refractivity contribution in [1.29, 1.82) is 0 Å². The standard InChI is InChI=1S/C15H20N8O4S2/c1-4-5-6-16-9-19-12(28-14(2)7(24)17-10(26)22-14)21-13(20-9)29-15(3)8(25)18-11(27)23-15/h4-6H2,1-3H3,(H,16,19,20,21)(H2,17,22,24,26)(H2,18,23,25,27). The van der Waals surface area contributed by atoms with Crippen molar-refractivity contribution in [3.63, 3.8) is 0 Å². The summed E-state index contributed by atoms with van der Waals surface area (Å²) in [5.74, 6) is -0.769. The summed E-state index contributed by atoms with van der Waals surface area (Å²) in [5, 5.41) is 12.8. The van der Waals surface area contributed by atoms with Crippen LogP contribution in [-0.2, 0) is 9.59 Å². The Labute approximate surface area is 174 Å². The molecule has 14 heteroatoms. The molecule has 0 bridgehead atoms. The van der Waals surface area contributed by atoms with Gasteiger partial charge in [-0.3, -0.25) is 20.2 Å². The number of rotatable bonds is 8. The van der Waals surface area contributed by atoms with Gasteiger partial charge in [0.05, 0.1) is 0 Å². The van der Waals surface area contributed by atoms with Crippen molar-refractivity contribution < 1.29 is 19.2 Å². The fourth-order valence-corrected chi connectivity index (χ4v) is 4.34. The summed E-state index contributed by atoms with van der Waals surface area (Å²) in [6.07, 6.45) is 1.86. The first kappa shape index (κ1) is 21.1. The minimum absolute atomic E-state index is 0.176. The maximum absolute atomic E-state index is 12.1. The number of imide groups is 2. The highest BCUT2D eigenvalue weighted by Gasteiger charge is 2.45. The second kappa shape index (κ2) is 8.02. The molecule has 0 saturated carbocycles. The van der Waals surface area contributed by atoms with Gasteiger partial charge in [0.1, 0.15) is 0 Å². The normalized spacial score (nSPS) is 26.0. The summed E-state index contributed by atoms with van der Waals surface area (Å²) in [5.41, 5.74) is 0. The average molecular weight is 441 g/mol. The van der Waals surface area contributed by atoms with Gasteiger partial charge in [-0.1, -0.05) is 13.3 Å². The lowest BCUT2D eigenvalue weighted by Crippen LogP contribution is -2.40. The molecule has 2 aliphatic rings. The molecule has 12 nitrogen and oxygen atoms in total. The molecule has 2 saturated heterocycles. The van der Waals surface area contributed by atoms with Crippen LogP contribution in [0.5, 0.6) is 0 Å². The lowest BCUT2D eigenvalue weighted by atomic mass is 10.3. The highest BCUT2D eigenvalue weighted by Crippen LogP contribution is 2.35. The number of thioether (sulfide) groups is 2. The van der Waals surface area contributed by atoms with Crippen molar-refractivity contribution in [2.24, 2.45) is 0 Å². The molecule has 3 heterocycles. The van der Waals surface area contributed by atoms with Crippen LogP contribution in [0.1, 0.15) is 33.6 Å². The number of carbonyl (C=O) groups is 4. The van der Waals surface area contributed by atoms with Crippen LogP contribution in [0, 0.1) is 0 Å². The van der Waals surface area contributed by atoms with Gasteiger partial charge in [0.25, 0.3) is 11.8 Å². The van der Waals surface area contributed by atoms with Gasteiger partial charge in [-0.05, 0) is 43.8 Å². The topological polar surface area (TPSA) is 167 Å². The van der Waals surface area contributed by atoms with E-state index in [2.05, 4.69) is 41.5 Å². The van der Waals surface area contributed by atoms with Gasteiger partial charge in [0, 0.05) is 6.54 Å². The average Bonchev–Trinajstić information content (AvgIpc) is 3.00. The molecule has 0 aliphatic carbocycles. The molecule has 2 fully saturated rings. The van der Waals surface area contributed by atoms with Gasteiger partial charge in [-0.2, -0.15) is 15.0 Å². The van der Waals surface area contributed by atoms with E-state index >= 15 is 0 Å². The SMILES string of the molecule is CCCCNc1nc(SC2(C)NC(=O)NC2=O)nc(SC2(C)NC(=O)NC2=O)n1. The van der Waals surface area contributed by atoms with E-state index in [4.69, 9.17) is 0 Å². The number of hydrogen-bond donors (Lipinski definition) is 5. The number of aromatic nitrogens is 3. The molecule has 2 aliphatic heterocycles. The summed E-state index contributed by atoms with van der Waals surface area (Å²) in [7, 11) is 0. The molecule has 0 radical (unpaired) electrons. The van der Waals surface area contributed by atoms with E-state index in [1.54, 1.807) is 0 Å². The van der Waals surface area contributed by atoms with Crippen LogP contribution in [0.3, 0.4) is 0 Å². The monoisotopic (exact) mass is 440 g/mol. The molecule has 6 amide bonds. The number of anilines is 1. The Morgan fingerprint density at radius 3 is 1.72 bits per heavy atom. The van der Waals surface area contributed by atoms with Crippen LogP contribution in [0.2, 0.25) is 0 Å². The lowest BCUT2D eigenvalue weighted by molar-refractivity contribution is -0.121. The predicted molar refractivity (Wildman–Crippen MR) is 105 cm³/mol. The van der Waals surface area contributed by atoms with Crippen LogP contribution in [0.25, 0.3) is 0 Å². The third kappa shape index (κ3) is 4.70. The first-order chi connectivity index (χ1) is 13.6. The third-order valence-corrected chi connectivity index (χ3v) is 6.15. The molecule has 1 aromatic rings. The Bertz CT molecular complexity index is 822. The van der Waals surface area contributed by atoms with Crippen LogP contribution in [0.4, 0.5) is 15.5 Å². The smallest absolute Gasteiger partial charge is 0.323 e. The van der Waals surface area contributed by atoms with E-state index in [1.165, 1.54) is 13.8 Å². The highest BCUT2D eigenvalue weighted by molar-refractivity contribution is 8.01. The molecule has 2 atom stereocenters. The number of unbranched alkanes of at least 4 members (excludes halogenated alkanes) is 1. The van der Waals surface area contributed by atoms with Gasteiger partial charge in [-0.25, -0.2) is 9.59 Å². The molecule has 2 unspecified atom stereocenters. The first-order valence-electron chi connectivity index (χ1n) is 8.79. The van der Waals surface area contributed by atoms with E-state index in [1.807, 2.05) is 6.92 Å². The molecule has 0 aromatic carbocycles. The Kier molecular flexibility index (Phi) is 5.84. The maximum Gasteiger partial charge on any atom is 0.323 e. The summed E-state index contributed by atoms with van der Waals surface area (Å²) in [6.45, 7) is 5.73. The number of hydrogen-bond acceptors (Lipinski definition) is 10. The molecule has 29 heavy (non-hydrogen) atoms. The van der Waals surface area contributed by atoms with Crippen LogP contribution in [0.15, 0.2) is 10.3 Å². The third-order valence-electron chi connectivity index (χ3n) is 4.02. The number of nitrogens with one attached hydrogen (secondary N) is 5. The number of amides is 6. The summed E-state index contributed by atoms with van der Waals surface area (Å²) < 4.78 is 0. The summed E-state index contributed by atoms with van der Waals surface area (Å²) >= 11 is 1.89. The zero-order valence-electron chi connectivity index (χ0n) is 15.9. The zero-order chi connectivity index (χ0) is 21.2. The molecule has 3 rings (SSSR count). The van der Waals surface area contributed by atoms with Crippen molar-refractivity contribution in [3.05, 3.63) is 0 Å². The summed E-state index contributed by atoms with van der Waals surface area (Å²) in [6, 6.07) is -1.21. The second-order valence-electron chi connectivity index (χ2n) is 6.59. The Balaban J connectivity index is 1.87. The van der Waals surface area contributed by atoms with Crippen LogP contribution >= 0.6 is 23.5 Å². The van der Waals surface area contributed by atoms with Crippen molar-refractivity contribution in [3.8, 4) is 0 Å². The van der Waals surface area contributed by atoms with Gasteiger partial charge in [0.2, 0.25) is 5.95 Å². The van der Waals surface area contributed by atoms with Crippen LogP contribution < -0.4 is 26.6 Å². The Morgan fingerprint density at radius 1 is 0.862 bits per heavy atom. The Morgan fingerprint density at radius 2 is 1.34 bits per heavy atom. The lowest BCUT2D eigenvalue weighted by Gasteiger charge is -2.21. The van der Waals surface area contributed by atoms with E-state index in [9.17, 15) is 19.2 Å². The van der Waals surface area contributed by atoms with Crippen molar-refractivity contribution in [1.82, 2.24) is 36.2 Å². The van der Waals surface area contributed by atoms with Gasteiger partial charge >= 0.3 is 12.1 Å². The predicted octanol–water partition coefficient (Wildman–Crippen LogP) is 0.379. The minimum atomic E-state index is -1.29. The van der Waals surface area contributed by atoms with Gasteiger partial charge < -0.3 is 16.0 Å². The first-order valence-corrected chi connectivity index (χ1v) is 10.4. The maximum atomic E-state index is 12.1.